The Morgan fingerprint density at radius 3 is 2.00 bits per heavy atom. The monoisotopic (exact) mass is 352 g/mol. The lowest BCUT2D eigenvalue weighted by Crippen LogP contribution is -2.64. The average molecular weight is 352 g/mol. The summed E-state index contributed by atoms with van der Waals surface area (Å²) in [5, 5.41) is 49.0. The van der Waals surface area contributed by atoms with Crippen molar-refractivity contribution in [1.29, 1.82) is 0 Å². The summed E-state index contributed by atoms with van der Waals surface area (Å²) < 4.78 is 21.2. The van der Waals surface area contributed by atoms with Crippen molar-refractivity contribution in [2.45, 2.75) is 75.1 Å². The first-order valence-electron chi connectivity index (χ1n) is 7.63. The van der Waals surface area contributed by atoms with Gasteiger partial charge in [0, 0.05) is 7.11 Å². The number of carboxylic acid groups (broad SMARTS) is 1. The molecule has 2 rings (SSSR count). The molecule has 0 aromatic carbocycles. The highest BCUT2D eigenvalue weighted by Crippen LogP contribution is 2.30. The number of hydrogen-bond acceptors (Lipinski definition) is 9. The van der Waals surface area contributed by atoms with Gasteiger partial charge in [-0.15, -0.1) is 0 Å². The van der Waals surface area contributed by atoms with E-state index in [1.807, 2.05) is 0 Å². The molecule has 0 aromatic rings. The quantitative estimate of drug-likeness (QED) is 0.365. The second-order valence-corrected chi connectivity index (χ2v) is 6.07. The third-order valence-corrected chi connectivity index (χ3v) is 4.42. The molecule has 10 atom stereocenters. The van der Waals surface area contributed by atoms with Gasteiger partial charge in [-0.1, -0.05) is 0 Å². The molecule has 2 aliphatic rings. The normalized spacial score (nSPS) is 49.8. The van der Waals surface area contributed by atoms with Gasteiger partial charge in [-0.2, -0.15) is 0 Å². The molecule has 0 saturated carbocycles. The third-order valence-electron chi connectivity index (χ3n) is 4.42. The summed E-state index contributed by atoms with van der Waals surface area (Å²) in [7, 11) is 1.28. The molecule has 0 radical (unpaired) electrons. The second kappa shape index (κ2) is 7.58. The topological polar surface area (TPSA) is 155 Å². The van der Waals surface area contributed by atoms with Gasteiger partial charge in [0.2, 0.25) is 0 Å². The van der Waals surface area contributed by atoms with Crippen LogP contribution in [0.15, 0.2) is 0 Å². The van der Waals surface area contributed by atoms with E-state index < -0.39 is 67.2 Å². The number of carbonyl (C=O) groups is 1. The summed E-state index contributed by atoms with van der Waals surface area (Å²) in [5.74, 6) is -1.33. The molecule has 0 amide bonds. The van der Waals surface area contributed by atoms with Crippen LogP contribution in [0.2, 0.25) is 0 Å². The molecule has 0 aliphatic carbocycles. The van der Waals surface area contributed by atoms with Crippen LogP contribution in [0.4, 0.5) is 0 Å². The van der Waals surface area contributed by atoms with Gasteiger partial charge in [0.05, 0.1) is 12.2 Å². The van der Waals surface area contributed by atoms with Crippen molar-refractivity contribution in [3.8, 4) is 0 Å². The fraction of sp³-hybridized carbons (Fsp3) is 0.929. The Morgan fingerprint density at radius 1 is 0.875 bits per heavy atom. The number of aliphatic hydroxyl groups excluding tert-OH is 4. The zero-order chi connectivity index (χ0) is 18.2. The van der Waals surface area contributed by atoms with Gasteiger partial charge >= 0.3 is 5.97 Å². The molecule has 10 nitrogen and oxygen atoms in total. The van der Waals surface area contributed by atoms with Crippen LogP contribution < -0.4 is 0 Å². The van der Waals surface area contributed by atoms with Crippen molar-refractivity contribution in [3.63, 3.8) is 0 Å². The van der Waals surface area contributed by atoms with E-state index in [2.05, 4.69) is 0 Å². The average Bonchev–Trinajstić information content (AvgIpc) is 2.53. The van der Waals surface area contributed by atoms with E-state index in [0.29, 0.717) is 0 Å². The second-order valence-electron chi connectivity index (χ2n) is 6.07. The minimum Gasteiger partial charge on any atom is -0.479 e. The lowest BCUT2D eigenvalue weighted by Gasteiger charge is -2.45. The molecule has 2 fully saturated rings. The van der Waals surface area contributed by atoms with Crippen LogP contribution in [0, 0.1) is 0 Å². The van der Waals surface area contributed by atoms with Gasteiger partial charge in [0.25, 0.3) is 0 Å². The van der Waals surface area contributed by atoms with Gasteiger partial charge in [0.15, 0.2) is 12.4 Å². The third kappa shape index (κ3) is 3.55. The Morgan fingerprint density at radius 2 is 1.46 bits per heavy atom. The van der Waals surface area contributed by atoms with Gasteiger partial charge in [-0.25, -0.2) is 4.79 Å². The van der Waals surface area contributed by atoms with E-state index in [1.165, 1.54) is 21.0 Å². The fourth-order valence-corrected chi connectivity index (χ4v) is 2.92. The number of ether oxygens (including phenoxy) is 4. The number of carboxylic acids is 1. The SMILES string of the molecule is COC1C(OC2OC(C)C(O)C(O)C2O)C(C(=O)O)O[C@H](C)C1O. The molecule has 10 heteroatoms. The first kappa shape index (κ1) is 19.5. The summed E-state index contributed by atoms with van der Waals surface area (Å²) in [6, 6.07) is 0. The van der Waals surface area contributed by atoms with E-state index in [-0.39, 0.29) is 0 Å². The zero-order valence-corrected chi connectivity index (χ0v) is 13.6. The number of aliphatic carboxylic acids is 1. The number of rotatable bonds is 4. The summed E-state index contributed by atoms with van der Waals surface area (Å²) in [6.45, 7) is 2.96. The fourth-order valence-electron chi connectivity index (χ4n) is 2.92. The zero-order valence-electron chi connectivity index (χ0n) is 13.6. The maximum Gasteiger partial charge on any atom is 0.335 e. The molecule has 2 heterocycles. The summed E-state index contributed by atoms with van der Waals surface area (Å²) in [4.78, 5) is 11.4. The van der Waals surface area contributed by atoms with Crippen LogP contribution in [0.5, 0.6) is 0 Å². The first-order valence-corrected chi connectivity index (χ1v) is 7.63. The van der Waals surface area contributed by atoms with E-state index in [0.717, 1.165) is 0 Å². The molecule has 140 valence electrons. The predicted octanol–water partition coefficient (Wildman–Crippen LogP) is -2.55. The minimum absolute atomic E-state index is 0.806. The molecule has 2 aliphatic heterocycles. The Labute approximate surface area is 138 Å². The van der Waals surface area contributed by atoms with E-state index in [1.54, 1.807) is 0 Å². The largest absolute Gasteiger partial charge is 0.479 e. The van der Waals surface area contributed by atoms with Crippen molar-refractivity contribution < 1.29 is 49.3 Å². The number of methoxy groups -OCH3 is 1. The van der Waals surface area contributed by atoms with Crippen LogP contribution in [0.1, 0.15) is 13.8 Å². The molecule has 9 unspecified atom stereocenters. The van der Waals surface area contributed by atoms with Crippen molar-refractivity contribution in [2.75, 3.05) is 7.11 Å². The molecule has 0 spiro atoms. The first-order chi connectivity index (χ1) is 11.2. The van der Waals surface area contributed by atoms with Crippen molar-refractivity contribution in [1.82, 2.24) is 0 Å². The Bertz CT molecular complexity index is 445. The van der Waals surface area contributed by atoms with Crippen molar-refractivity contribution in [2.24, 2.45) is 0 Å². The number of hydrogen-bond donors (Lipinski definition) is 5. The van der Waals surface area contributed by atoms with Gasteiger partial charge in [0.1, 0.15) is 36.6 Å². The van der Waals surface area contributed by atoms with Crippen LogP contribution in [-0.2, 0) is 23.7 Å². The van der Waals surface area contributed by atoms with Gasteiger partial charge in [-0.3, -0.25) is 0 Å². The summed E-state index contributed by atoms with van der Waals surface area (Å²) in [5.41, 5.74) is 0. The predicted molar refractivity (Wildman–Crippen MR) is 76.0 cm³/mol. The lowest BCUT2D eigenvalue weighted by atomic mass is 9.94. The Hall–Kier alpha value is -0.850. The number of aliphatic hydroxyl groups is 4. The summed E-state index contributed by atoms with van der Waals surface area (Å²) >= 11 is 0. The molecule has 24 heavy (non-hydrogen) atoms. The highest BCUT2D eigenvalue weighted by Gasteiger charge is 2.51. The van der Waals surface area contributed by atoms with E-state index in [4.69, 9.17) is 18.9 Å². The molecule has 2 saturated heterocycles. The highest BCUT2D eigenvalue weighted by atomic mass is 16.7. The van der Waals surface area contributed by atoms with E-state index >= 15 is 0 Å². The molecular formula is C14H24O10. The van der Waals surface area contributed by atoms with Crippen LogP contribution in [0.25, 0.3) is 0 Å². The Balaban J connectivity index is 2.21. The van der Waals surface area contributed by atoms with Crippen LogP contribution >= 0.6 is 0 Å². The minimum atomic E-state index is -1.61. The van der Waals surface area contributed by atoms with Crippen molar-refractivity contribution in [3.05, 3.63) is 0 Å². The van der Waals surface area contributed by atoms with Crippen LogP contribution in [-0.4, -0.2) is 99.8 Å². The van der Waals surface area contributed by atoms with Gasteiger partial charge in [-0.05, 0) is 13.8 Å². The van der Waals surface area contributed by atoms with E-state index in [9.17, 15) is 30.3 Å². The molecular weight excluding hydrogens is 328 g/mol. The maximum atomic E-state index is 11.4. The summed E-state index contributed by atoms with van der Waals surface area (Å²) in [6.07, 6.45) is -12.5. The smallest absolute Gasteiger partial charge is 0.335 e. The highest BCUT2D eigenvalue weighted by molar-refractivity contribution is 5.73. The molecule has 0 aromatic heterocycles. The molecule has 5 N–H and O–H groups in total. The maximum absolute atomic E-state index is 11.4. The molecule has 0 bridgehead atoms. The Kier molecular flexibility index (Phi) is 6.15. The lowest BCUT2D eigenvalue weighted by molar-refractivity contribution is -0.334. The standard InChI is InChI=1S/C14H24O10/c1-4-6(15)8(17)9(18)14(23-4)24-11-10(21-3)7(16)5(2)22-12(11)13(19)20/h4-12,14-18H,1-3H3,(H,19,20)/t4?,5-,6?,7?,8?,9?,10?,11?,12?,14?/m1/s1. The van der Waals surface area contributed by atoms with Crippen LogP contribution in [0.3, 0.4) is 0 Å². The van der Waals surface area contributed by atoms with Crippen molar-refractivity contribution >= 4 is 5.97 Å². The van der Waals surface area contributed by atoms with Gasteiger partial charge < -0.3 is 44.5 Å².